The first-order valence-corrected chi connectivity index (χ1v) is 12.3. The van der Waals surface area contributed by atoms with Gasteiger partial charge in [0.25, 0.3) is 0 Å². The molecule has 2 heterocycles. The van der Waals surface area contributed by atoms with Crippen molar-refractivity contribution in [2.45, 2.75) is 0 Å². The van der Waals surface area contributed by atoms with Crippen LogP contribution in [-0.4, -0.2) is 0 Å². The Kier molecular flexibility index (Phi) is 4.39. The van der Waals surface area contributed by atoms with Crippen LogP contribution in [0.25, 0.3) is 64.7 Å². The van der Waals surface area contributed by atoms with Gasteiger partial charge in [0, 0.05) is 47.6 Å². The van der Waals surface area contributed by atoms with E-state index in [9.17, 15) is 0 Å². The number of rotatable bonds is 3. The lowest BCUT2D eigenvalue weighted by Gasteiger charge is -2.11. The Morgan fingerprint density at radius 3 is 1.76 bits per heavy atom. The van der Waals surface area contributed by atoms with Gasteiger partial charge in [-0.3, -0.25) is 0 Å². The largest absolute Gasteiger partial charge is 0.455 e. The summed E-state index contributed by atoms with van der Waals surface area (Å²) < 4.78 is 9.33. The van der Waals surface area contributed by atoms with Crippen LogP contribution in [0.4, 0.5) is 0 Å². The lowest BCUT2D eigenvalue weighted by Crippen LogP contribution is -1.85. The molecule has 7 rings (SSSR count). The molecule has 160 valence electrons. The van der Waals surface area contributed by atoms with Gasteiger partial charge in [-0.25, -0.2) is 0 Å². The predicted molar refractivity (Wildman–Crippen MR) is 145 cm³/mol. The van der Waals surface area contributed by atoms with Crippen molar-refractivity contribution in [1.29, 1.82) is 0 Å². The van der Waals surface area contributed by atoms with Crippen molar-refractivity contribution in [1.82, 2.24) is 0 Å². The molecule has 0 radical (unpaired) electrons. The number of thiophene rings is 1. The molecule has 0 spiro atoms. The summed E-state index contributed by atoms with van der Waals surface area (Å²) in [6.45, 7) is 0. The second-order valence-electron chi connectivity index (χ2n) is 8.50. The third-order valence-electron chi connectivity index (χ3n) is 6.51. The Bertz CT molecular complexity index is 1790. The maximum atomic E-state index is 6.73. The van der Waals surface area contributed by atoms with Crippen molar-refractivity contribution in [2.75, 3.05) is 0 Å². The molecule has 5 aromatic carbocycles. The average Bonchev–Trinajstić information content (AvgIpc) is 3.48. The van der Waals surface area contributed by atoms with E-state index in [0.29, 0.717) is 0 Å². The van der Waals surface area contributed by atoms with Gasteiger partial charge >= 0.3 is 0 Å². The fourth-order valence-corrected chi connectivity index (χ4v) is 6.24. The molecule has 2 heteroatoms. The van der Waals surface area contributed by atoms with E-state index < -0.39 is 0 Å². The number of hydrogen-bond donors (Lipinski definition) is 0. The van der Waals surface area contributed by atoms with Crippen LogP contribution in [-0.2, 0) is 0 Å². The monoisotopic (exact) mass is 452 g/mol. The summed E-state index contributed by atoms with van der Waals surface area (Å²) in [4.78, 5) is 0. The lowest BCUT2D eigenvalue weighted by atomic mass is 9.94. The second kappa shape index (κ2) is 7.72. The van der Waals surface area contributed by atoms with Gasteiger partial charge in [0.1, 0.15) is 11.5 Å². The van der Waals surface area contributed by atoms with Crippen molar-refractivity contribution < 1.29 is 4.42 Å². The topological polar surface area (TPSA) is 13.1 Å². The molecule has 0 amide bonds. The first-order valence-electron chi connectivity index (χ1n) is 11.5. The number of fused-ring (bicyclic) bond motifs is 4. The van der Waals surface area contributed by atoms with Crippen LogP contribution < -0.4 is 0 Å². The third-order valence-corrected chi connectivity index (χ3v) is 7.71. The van der Waals surface area contributed by atoms with Gasteiger partial charge in [-0.15, -0.1) is 11.3 Å². The van der Waals surface area contributed by atoms with Crippen molar-refractivity contribution >= 4 is 42.3 Å². The number of benzene rings is 5. The highest BCUT2D eigenvalue weighted by molar-refractivity contribution is 7.26. The zero-order chi connectivity index (χ0) is 22.5. The van der Waals surface area contributed by atoms with Crippen molar-refractivity contribution in [2.24, 2.45) is 0 Å². The van der Waals surface area contributed by atoms with E-state index in [1.54, 1.807) is 0 Å². The zero-order valence-corrected chi connectivity index (χ0v) is 19.2. The fourth-order valence-electron chi connectivity index (χ4n) is 4.96. The quantitative estimate of drug-likeness (QED) is 0.260. The van der Waals surface area contributed by atoms with Gasteiger partial charge in [0.05, 0.1) is 0 Å². The molecule has 0 aliphatic heterocycles. The SMILES string of the molecule is c1ccc(-c2oc(-c3ccc4c(sc5ccccc54)c3-c3ccccc3)c3ccccc23)cc1. The lowest BCUT2D eigenvalue weighted by molar-refractivity contribution is 0.602. The molecule has 0 saturated heterocycles. The number of hydrogen-bond acceptors (Lipinski definition) is 2. The van der Waals surface area contributed by atoms with E-state index in [-0.39, 0.29) is 0 Å². The van der Waals surface area contributed by atoms with Crippen molar-refractivity contribution in [3.05, 3.63) is 121 Å². The highest BCUT2D eigenvalue weighted by Gasteiger charge is 2.21. The molecular formula is C32H20OS. The molecule has 0 unspecified atom stereocenters. The molecule has 0 bridgehead atoms. The Hall–Kier alpha value is -4.14. The summed E-state index contributed by atoms with van der Waals surface area (Å²) in [6, 6.07) is 42.8. The minimum atomic E-state index is 0.918. The minimum Gasteiger partial charge on any atom is -0.455 e. The normalized spacial score (nSPS) is 11.5. The van der Waals surface area contributed by atoms with Gasteiger partial charge in [-0.05, 0) is 17.7 Å². The summed E-state index contributed by atoms with van der Waals surface area (Å²) in [7, 11) is 0. The zero-order valence-electron chi connectivity index (χ0n) is 18.4. The molecule has 7 aromatic rings. The smallest absolute Gasteiger partial charge is 0.143 e. The van der Waals surface area contributed by atoms with Crippen LogP contribution >= 0.6 is 11.3 Å². The molecule has 2 aromatic heterocycles. The van der Waals surface area contributed by atoms with Crippen molar-refractivity contribution in [3.8, 4) is 33.8 Å². The van der Waals surface area contributed by atoms with Crippen LogP contribution in [0.1, 0.15) is 0 Å². The average molecular weight is 453 g/mol. The molecule has 0 fully saturated rings. The second-order valence-corrected chi connectivity index (χ2v) is 9.55. The molecule has 0 aliphatic rings. The highest BCUT2D eigenvalue weighted by atomic mass is 32.1. The van der Waals surface area contributed by atoms with Gasteiger partial charge < -0.3 is 4.42 Å². The molecule has 34 heavy (non-hydrogen) atoms. The van der Waals surface area contributed by atoms with E-state index in [0.717, 1.165) is 33.4 Å². The first kappa shape index (κ1) is 19.3. The van der Waals surface area contributed by atoms with E-state index in [2.05, 4.69) is 115 Å². The summed E-state index contributed by atoms with van der Waals surface area (Å²) >= 11 is 1.86. The van der Waals surface area contributed by atoms with Gasteiger partial charge in [-0.2, -0.15) is 0 Å². The first-order chi connectivity index (χ1) is 16.9. The van der Waals surface area contributed by atoms with Crippen LogP contribution in [0.15, 0.2) is 126 Å². The van der Waals surface area contributed by atoms with Crippen molar-refractivity contribution in [3.63, 3.8) is 0 Å². The van der Waals surface area contributed by atoms with Gasteiger partial charge in [-0.1, -0.05) is 109 Å². The van der Waals surface area contributed by atoms with Gasteiger partial charge in [0.2, 0.25) is 0 Å². The fraction of sp³-hybridized carbons (Fsp3) is 0. The Morgan fingerprint density at radius 1 is 0.441 bits per heavy atom. The van der Waals surface area contributed by atoms with Crippen LogP contribution in [0.3, 0.4) is 0 Å². The molecule has 0 N–H and O–H groups in total. The molecule has 0 atom stereocenters. The molecule has 0 aliphatic carbocycles. The number of furan rings is 1. The Labute approximate surface area is 201 Å². The molecule has 0 saturated carbocycles. The van der Waals surface area contributed by atoms with Crippen LogP contribution in [0, 0.1) is 0 Å². The Balaban J connectivity index is 1.60. The summed E-state index contributed by atoms with van der Waals surface area (Å²) in [5.74, 6) is 1.84. The summed E-state index contributed by atoms with van der Waals surface area (Å²) in [5, 5.41) is 4.88. The summed E-state index contributed by atoms with van der Waals surface area (Å²) in [5.41, 5.74) is 4.66. The molecule has 1 nitrogen and oxygen atoms in total. The van der Waals surface area contributed by atoms with E-state index in [1.807, 2.05) is 17.4 Å². The van der Waals surface area contributed by atoms with Crippen LogP contribution in [0.5, 0.6) is 0 Å². The minimum absolute atomic E-state index is 0.918. The van der Waals surface area contributed by atoms with E-state index in [4.69, 9.17) is 4.42 Å². The van der Waals surface area contributed by atoms with Crippen LogP contribution in [0.2, 0.25) is 0 Å². The van der Waals surface area contributed by atoms with E-state index >= 15 is 0 Å². The third kappa shape index (κ3) is 2.93. The summed E-state index contributed by atoms with van der Waals surface area (Å²) in [6.07, 6.45) is 0. The Morgan fingerprint density at radius 2 is 1.03 bits per heavy atom. The van der Waals surface area contributed by atoms with E-state index in [1.165, 1.54) is 31.3 Å². The maximum Gasteiger partial charge on any atom is 0.143 e. The highest BCUT2D eigenvalue weighted by Crippen LogP contribution is 2.48. The standard InChI is InChI=1S/C32H20OS/c1-3-11-21(12-4-1)29-27(20-19-26-23-15-9-10-18-28(23)34-32(26)29)31-25-17-8-7-16-24(25)30(33-31)22-13-5-2-6-14-22/h1-20H. The predicted octanol–water partition coefficient (Wildman–Crippen LogP) is 9.80. The van der Waals surface area contributed by atoms with Gasteiger partial charge in [0.15, 0.2) is 0 Å². The molecular weight excluding hydrogens is 432 g/mol. The maximum absolute atomic E-state index is 6.73.